The van der Waals surface area contributed by atoms with Crippen LogP contribution in [0.5, 0.6) is 0 Å². The molecule has 0 unspecified atom stereocenters. The van der Waals surface area contributed by atoms with Gasteiger partial charge in [-0.3, -0.25) is 0 Å². The Kier molecular flexibility index (Phi) is 3.84. The summed E-state index contributed by atoms with van der Waals surface area (Å²) < 4.78 is 4.59. The Labute approximate surface area is 114 Å². The minimum Gasteiger partial charge on any atom is -0.464 e. The van der Waals surface area contributed by atoms with Crippen molar-refractivity contribution in [2.24, 2.45) is 0 Å². The van der Waals surface area contributed by atoms with Crippen LogP contribution in [0, 0.1) is 6.92 Å². The summed E-state index contributed by atoms with van der Waals surface area (Å²) in [6.07, 6.45) is 0. The van der Waals surface area contributed by atoms with Crippen LogP contribution >= 0.6 is 22.9 Å². The highest BCUT2D eigenvalue weighted by molar-refractivity contribution is 7.14. The van der Waals surface area contributed by atoms with Gasteiger partial charge in [-0.1, -0.05) is 17.7 Å². The summed E-state index contributed by atoms with van der Waals surface area (Å²) in [6, 6.07) is 5.63. The van der Waals surface area contributed by atoms with Crippen LogP contribution in [0.15, 0.2) is 23.6 Å². The van der Waals surface area contributed by atoms with Gasteiger partial charge in [0.1, 0.15) is 0 Å². The second kappa shape index (κ2) is 5.37. The first-order valence-corrected chi connectivity index (χ1v) is 6.43. The van der Waals surface area contributed by atoms with E-state index in [4.69, 9.17) is 11.6 Å². The average Bonchev–Trinajstić information content (AvgIpc) is 2.81. The van der Waals surface area contributed by atoms with E-state index in [9.17, 15) is 4.79 Å². The molecule has 1 aromatic carbocycles. The molecule has 1 heterocycles. The number of methoxy groups -OCH3 is 1. The molecule has 0 aliphatic carbocycles. The van der Waals surface area contributed by atoms with Crippen molar-refractivity contribution < 1.29 is 9.53 Å². The van der Waals surface area contributed by atoms with E-state index in [1.165, 1.54) is 18.4 Å². The number of nitrogens with zero attached hydrogens (tertiary/aromatic N) is 1. The molecule has 0 saturated heterocycles. The Balaban J connectivity index is 2.16. The van der Waals surface area contributed by atoms with Gasteiger partial charge in [0.2, 0.25) is 0 Å². The molecule has 0 amide bonds. The van der Waals surface area contributed by atoms with Crippen molar-refractivity contribution in [2.45, 2.75) is 6.92 Å². The van der Waals surface area contributed by atoms with Crippen LogP contribution in [-0.4, -0.2) is 18.1 Å². The number of halogens is 1. The van der Waals surface area contributed by atoms with Crippen LogP contribution < -0.4 is 5.32 Å². The summed E-state index contributed by atoms with van der Waals surface area (Å²) in [5.74, 6) is -0.443. The van der Waals surface area contributed by atoms with E-state index in [1.54, 1.807) is 5.38 Å². The van der Waals surface area contributed by atoms with Gasteiger partial charge in [-0.2, -0.15) is 0 Å². The highest BCUT2D eigenvalue weighted by Gasteiger charge is 2.10. The molecule has 18 heavy (non-hydrogen) atoms. The molecule has 0 atom stereocenters. The highest BCUT2D eigenvalue weighted by atomic mass is 35.5. The molecule has 0 aliphatic heterocycles. The number of carbonyl (C=O) groups is 1. The van der Waals surface area contributed by atoms with Gasteiger partial charge in [-0.25, -0.2) is 9.78 Å². The molecule has 0 radical (unpaired) electrons. The monoisotopic (exact) mass is 282 g/mol. The fourth-order valence-corrected chi connectivity index (χ4v) is 2.20. The molecule has 0 spiro atoms. The largest absolute Gasteiger partial charge is 0.464 e. The molecule has 94 valence electrons. The molecule has 0 saturated carbocycles. The quantitative estimate of drug-likeness (QED) is 0.873. The summed E-state index contributed by atoms with van der Waals surface area (Å²) in [6.45, 7) is 1.94. The maximum Gasteiger partial charge on any atom is 0.357 e. The highest BCUT2D eigenvalue weighted by Crippen LogP contribution is 2.25. The number of hydrogen-bond acceptors (Lipinski definition) is 5. The molecule has 2 rings (SSSR count). The van der Waals surface area contributed by atoms with Gasteiger partial charge in [-0.05, 0) is 24.6 Å². The third kappa shape index (κ3) is 2.80. The van der Waals surface area contributed by atoms with E-state index < -0.39 is 5.97 Å². The molecule has 1 aromatic heterocycles. The van der Waals surface area contributed by atoms with Crippen molar-refractivity contribution in [1.82, 2.24) is 4.98 Å². The Bertz CT molecular complexity index is 583. The van der Waals surface area contributed by atoms with Crippen molar-refractivity contribution in [3.63, 3.8) is 0 Å². The van der Waals surface area contributed by atoms with Crippen molar-refractivity contribution in [2.75, 3.05) is 12.4 Å². The van der Waals surface area contributed by atoms with Crippen LogP contribution in [0.25, 0.3) is 0 Å². The number of rotatable bonds is 3. The Morgan fingerprint density at radius 1 is 1.50 bits per heavy atom. The van der Waals surface area contributed by atoms with Gasteiger partial charge in [-0.15, -0.1) is 11.3 Å². The van der Waals surface area contributed by atoms with Crippen LogP contribution in [0.1, 0.15) is 16.1 Å². The van der Waals surface area contributed by atoms with Crippen molar-refractivity contribution in [1.29, 1.82) is 0 Å². The third-order valence-electron chi connectivity index (χ3n) is 2.32. The number of benzene rings is 1. The lowest BCUT2D eigenvalue weighted by Gasteiger charge is -2.04. The molecule has 0 bridgehead atoms. The van der Waals surface area contributed by atoms with Crippen molar-refractivity contribution in [3.8, 4) is 0 Å². The zero-order valence-corrected chi connectivity index (χ0v) is 11.4. The molecule has 2 aromatic rings. The summed E-state index contributed by atoms with van der Waals surface area (Å²) in [5.41, 5.74) is 2.14. The van der Waals surface area contributed by atoms with Crippen LogP contribution in [0.3, 0.4) is 0 Å². The zero-order valence-electron chi connectivity index (χ0n) is 9.86. The van der Waals surface area contributed by atoms with E-state index in [-0.39, 0.29) is 0 Å². The van der Waals surface area contributed by atoms with Gasteiger partial charge in [0.05, 0.1) is 7.11 Å². The summed E-state index contributed by atoms with van der Waals surface area (Å²) in [5, 5.41) is 6.03. The van der Waals surface area contributed by atoms with Crippen LogP contribution in [0.4, 0.5) is 10.8 Å². The average molecular weight is 283 g/mol. The lowest BCUT2D eigenvalue weighted by molar-refractivity contribution is 0.0595. The van der Waals surface area contributed by atoms with Gasteiger partial charge in [0.25, 0.3) is 0 Å². The second-order valence-corrected chi connectivity index (χ2v) is 4.88. The standard InChI is InChI=1S/C12H11ClN2O2S/c1-7-3-4-8(5-9(7)13)14-12-15-10(6-18-12)11(16)17-2/h3-6H,1-2H3,(H,14,15). The van der Waals surface area contributed by atoms with Crippen molar-refractivity contribution >= 4 is 39.7 Å². The zero-order chi connectivity index (χ0) is 13.1. The number of hydrogen-bond donors (Lipinski definition) is 1. The van der Waals surface area contributed by atoms with Crippen LogP contribution in [0.2, 0.25) is 5.02 Å². The Morgan fingerprint density at radius 2 is 2.28 bits per heavy atom. The topological polar surface area (TPSA) is 51.2 Å². The van der Waals surface area contributed by atoms with Gasteiger partial charge >= 0.3 is 5.97 Å². The first-order chi connectivity index (χ1) is 8.60. The fraction of sp³-hybridized carbons (Fsp3) is 0.167. The molecule has 4 nitrogen and oxygen atoms in total. The number of nitrogens with one attached hydrogen (secondary N) is 1. The predicted molar refractivity (Wildman–Crippen MR) is 72.9 cm³/mol. The summed E-state index contributed by atoms with van der Waals surface area (Å²) in [4.78, 5) is 15.4. The Morgan fingerprint density at radius 3 is 2.94 bits per heavy atom. The van der Waals surface area contributed by atoms with E-state index in [0.29, 0.717) is 15.8 Å². The molecule has 0 aliphatic rings. The number of thiazole rings is 1. The van der Waals surface area contributed by atoms with E-state index >= 15 is 0 Å². The summed E-state index contributed by atoms with van der Waals surface area (Å²) >= 11 is 7.36. The Hall–Kier alpha value is -1.59. The van der Waals surface area contributed by atoms with Gasteiger partial charge < -0.3 is 10.1 Å². The number of aryl methyl sites for hydroxylation is 1. The lowest BCUT2D eigenvalue weighted by Crippen LogP contribution is -2.01. The van der Waals surface area contributed by atoms with E-state index in [2.05, 4.69) is 15.0 Å². The number of carbonyl (C=O) groups excluding carboxylic acids is 1. The van der Waals surface area contributed by atoms with Crippen molar-refractivity contribution in [3.05, 3.63) is 39.9 Å². The third-order valence-corrected chi connectivity index (χ3v) is 3.49. The van der Waals surface area contributed by atoms with Gasteiger partial charge in [0, 0.05) is 16.1 Å². The molecular weight excluding hydrogens is 272 g/mol. The molecule has 1 N–H and O–H groups in total. The maximum absolute atomic E-state index is 11.3. The first kappa shape index (κ1) is 12.9. The van der Waals surface area contributed by atoms with E-state index in [0.717, 1.165) is 11.3 Å². The normalized spacial score (nSPS) is 10.2. The molecule has 0 fully saturated rings. The minimum absolute atomic E-state index is 0.295. The predicted octanol–water partition coefficient (Wildman–Crippen LogP) is 3.64. The van der Waals surface area contributed by atoms with E-state index in [1.807, 2.05) is 25.1 Å². The summed E-state index contributed by atoms with van der Waals surface area (Å²) in [7, 11) is 1.33. The fourth-order valence-electron chi connectivity index (χ4n) is 1.32. The minimum atomic E-state index is -0.443. The number of aromatic nitrogens is 1. The SMILES string of the molecule is COC(=O)c1csc(Nc2ccc(C)c(Cl)c2)n1. The van der Waals surface area contributed by atoms with Gasteiger partial charge in [0.15, 0.2) is 10.8 Å². The molecule has 6 heteroatoms. The first-order valence-electron chi connectivity index (χ1n) is 5.17. The smallest absolute Gasteiger partial charge is 0.357 e. The maximum atomic E-state index is 11.3. The van der Waals surface area contributed by atoms with Crippen LogP contribution in [-0.2, 0) is 4.74 Å². The number of ether oxygens (including phenoxy) is 1. The second-order valence-electron chi connectivity index (χ2n) is 3.62. The lowest BCUT2D eigenvalue weighted by atomic mass is 10.2. The molecular formula is C12H11ClN2O2S. The number of anilines is 2. The number of esters is 1.